The number of hydrogen-bond acceptors (Lipinski definition) is 26. The van der Waals surface area contributed by atoms with Gasteiger partial charge in [0.2, 0.25) is 11.6 Å². The molecule has 125 heavy (non-hydrogen) atoms. The van der Waals surface area contributed by atoms with Gasteiger partial charge in [-0.3, -0.25) is 70.3 Å². The molecule has 0 aromatic heterocycles. The SMILES string of the molecule is CCCOc1cc(C)ccc1[N+](=O)[O-].CCCOc1cc(C)ccc1[N+](=O)[O-].Cc1c[c-]c([N+](=O)[O-])cc1.Cc1ccc([N+](=O)[O-])c(C)c1.Cc1ccc([N+](=O)[O-])c(F)c1.Cc1ccc([N+](=O)[O-])c(F)c1.Cc1ccc2c(c1)OCCC(=O)C2.Cc1ccc2c(c1)S(=O)(=O)CCC(=O)C2.O=C=O.O=C=O.O=C=O.[CH2-]CC.[CH2-]CC(=O)Cc1[c-]cc(C)cc1.[U+2].[U+2]. The molecule has 2 heterocycles. The van der Waals surface area contributed by atoms with Crippen LogP contribution in [0.5, 0.6) is 17.2 Å². The predicted octanol–water partition coefficient (Wildman–Crippen LogP) is 18.2. The fraction of sp³-hybridized carbons (Fsp3) is 0.295. The first-order valence-corrected chi connectivity index (χ1v) is 38.7. The van der Waals surface area contributed by atoms with Crippen LogP contribution < -0.4 is 14.2 Å². The van der Waals surface area contributed by atoms with Crippen molar-refractivity contribution in [2.75, 3.05) is 25.6 Å². The molecule has 2 aliphatic heterocycles. The molecular formula is C88H96F2N6O26SU2. The summed E-state index contributed by atoms with van der Waals surface area (Å²) in [5.74, 6) is 0.408. The molecule has 0 radical (unpaired) electrons. The molecule has 37 heteroatoms. The summed E-state index contributed by atoms with van der Waals surface area (Å²) in [6, 6.07) is 49.8. The average Bonchev–Trinajstić information content (AvgIpc) is 1.53. The number of rotatable bonds is 15. The molecule has 0 atom stereocenters. The Hall–Kier alpha value is -12.2. The number of hydrogen-bond donors (Lipinski definition) is 0. The molecule has 0 N–H and O–H groups in total. The molecule has 0 spiro atoms. The second-order valence-corrected chi connectivity index (χ2v) is 28.1. The summed E-state index contributed by atoms with van der Waals surface area (Å²) in [7, 11) is -3.25. The van der Waals surface area contributed by atoms with Crippen molar-refractivity contribution in [1.82, 2.24) is 0 Å². The van der Waals surface area contributed by atoms with Crippen LogP contribution >= 0.6 is 0 Å². The van der Waals surface area contributed by atoms with Gasteiger partial charge in [0.25, 0.3) is 5.69 Å². The van der Waals surface area contributed by atoms with E-state index in [9.17, 15) is 92.3 Å². The van der Waals surface area contributed by atoms with Crippen LogP contribution in [0.1, 0.15) is 132 Å². The summed E-state index contributed by atoms with van der Waals surface area (Å²) in [6.45, 7) is 33.0. The van der Waals surface area contributed by atoms with Crippen molar-refractivity contribution in [3.05, 3.63) is 334 Å². The number of aryl methyl sites for hydroxylation is 10. The molecule has 0 bridgehead atoms. The molecule has 11 rings (SSSR count). The smallest absolute Gasteiger partial charge is 0.493 e. The number of non-ortho nitro benzene ring substituents is 1. The topological polar surface area (TPSA) is 474 Å². The van der Waals surface area contributed by atoms with Gasteiger partial charge in [-0.2, -0.15) is 97.1 Å². The zero-order valence-electron chi connectivity index (χ0n) is 71.2. The molecule has 9 aromatic rings. The van der Waals surface area contributed by atoms with E-state index in [0.717, 1.165) is 93.8 Å². The zero-order valence-corrected chi connectivity index (χ0v) is 80.3. The van der Waals surface area contributed by atoms with Crippen molar-refractivity contribution >= 4 is 79.8 Å². The Morgan fingerprint density at radius 2 is 0.800 bits per heavy atom. The van der Waals surface area contributed by atoms with Gasteiger partial charge >= 0.3 is 103 Å². The molecule has 0 saturated carbocycles. The maximum Gasteiger partial charge on any atom is 2.00 e. The first kappa shape index (κ1) is 119. The van der Waals surface area contributed by atoms with Crippen LogP contribution in [0, 0.1) is 230 Å². The van der Waals surface area contributed by atoms with Crippen molar-refractivity contribution in [2.24, 2.45) is 0 Å². The third kappa shape index (κ3) is 50.9. The van der Waals surface area contributed by atoms with Crippen LogP contribution in [0.15, 0.2) is 169 Å². The van der Waals surface area contributed by atoms with Gasteiger partial charge in [-0.25, -0.2) is 8.42 Å². The Kier molecular flexibility index (Phi) is 63.3. The maximum atomic E-state index is 12.7. The first-order chi connectivity index (χ1) is 57.9. The molecule has 9 aromatic carbocycles. The molecule has 32 nitrogen and oxygen atoms in total. The number of nitro benzene ring substituents is 6. The number of nitrogens with zero attached hydrogens (tertiary/aromatic N) is 6. The quantitative estimate of drug-likeness (QED) is 0.0522. The van der Waals surface area contributed by atoms with Gasteiger partial charge in [-0.15, -0.1) is 12.5 Å². The van der Waals surface area contributed by atoms with Crippen LogP contribution in [0.4, 0.5) is 42.9 Å². The number of benzene rings is 9. The average molecular weight is 2200 g/mol. The molecule has 2 aliphatic rings. The van der Waals surface area contributed by atoms with E-state index in [1.54, 1.807) is 81.4 Å². The van der Waals surface area contributed by atoms with E-state index < -0.39 is 57.5 Å². The van der Waals surface area contributed by atoms with Crippen LogP contribution in [-0.4, -0.2) is 99.3 Å². The number of carbonyl (C=O) groups is 3. The van der Waals surface area contributed by atoms with Crippen LogP contribution in [0.2, 0.25) is 0 Å². The standard InChI is InChI=1S/C11H12O3S.C11H12O2.C11H12O.2C10H13NO3.C8H9NO2.2C7H6FNO2.C7H6NO2.C3H7.3CO2.2U/c1-8-2-3-9-7-10(12)4-5-15(13,14)11(9)6-8;1-8-2-3-9-7-10(12)4-5-13-11(9)6-8;1-3-11(12)8-10-6-4-9(2)5-7-10;2*1-3-6-14-10-7-8(2)4-5-9(10)11(12)13;1-6-3-4-8(9(10)11)7(2)5-6;2*1-5-2-3-7(9(10)11)6(8)4-5;1-6-2-4-7(5-3-6)8(9)10;1-3-2;3*2-1-3;;/h2-3,6H,4-5,7H2,1H3;2-3,6H,4-5,7H2,1H3;4-6H,1,3,8H2,2H3;2*4-5,7H,3,6H2,1-2H3;3-5H,1-2H3;2*2-4H,1H3;2-4H,1H3;1,3H2,2H3;;;;;/q;;-2;;;;;;2*-1;;;;2*+2. The van der Waals surface area contributed by atoms with Gasteiger partial charge in [-0.1, -0.05) is 101 Å². The van der Waals surface area contributed by atoms with Crippen LogP contribution in [-0.2, 0) is 72.3 Å². The summed E-state index contributed by atoms with van der Waals surface area (Å²) in [4.78, 5) is 141. The van der Waals surface area contributed by atoms with E-state index in [2.05, 4.69) is 26.0 Å². The minimum Gasteiger partial charge on any atom is -0.493 e. The number of ether oxygens (including phenoxy) is 3. The van der Waals surface area contributed by atoms with Crippen LogP contribution in [0.3, 0.4) is 0 Å². The summed E-state index contributed by atoms with van der Waals surface area (Å²) < 4.78 is 65.0. The van der Waals surface area contributed by atoms with Gasteiger partial charge in [0.15, 0.2) is 27.0 Å². The largest absolute Gasteiger partial charge is 2.00 e. The minimum atomic E-state index is -3.25. The fourth-order valence-corrected chi connectivity index (χ4v) is 11.2. The van der Waals surface area contributed by atoms with E-state index in [4.69, 9.17) is 43.0 Å². The van der Waals surface area contributed by atoms with E-state index in [1.165, 1.54) is 47.5 Å². The number of nitro groups is 6. The zero-order chi connectivity index (χ0) is 94.1. The number of Topliss-reactive ketones (excluding diaryl/α,β-unsaturated/α-hetero) is 3. The van der Waals surface area contributed by atoms with Gasteiger partial charge in [-0.05, 0) is 150 Å². The molecule has 0 unspecified atom stereocenters. The fourth-order valence-electron chi connectivity index (χ4n) is 9.56. The second-order valence-electron chi connectivity index (χ2n) is 26.1. The second kappa shape index (κ2) is 66.4. The Balaban J connectivity index is -0.000000648. The van der Waals surface area contributed by atoms with E-state index in [-0.39, 0.29) is 144 Å². The maximum absolute atomic E-state index is 12.7. The summed E-state index contributed by atoms with van der Waals surface area (Å²) >= 11 is 0. The summed E-state index contributed by atoms with van der Waals surface area (Å²) in [5, 5.41) is 61.9. The Labute approximate surface area is 770 Å². The molecular weight excluding hydrogens is 2100 g/mol. The summed E-state index contributed by atoms with van der Waals surface area (Å²) in [6.07, 6.45) is 5.69. The number of sulfone groups is 1. The Morgan fingerprint density at radius 3 is 1.17 bits per heavy atom. The third-order valence-electron chi connectivity index (χ3n) is 15.4. The normalized spacial score (nSPS) is 10.8. The van der Waals surface area contributed by atoms with Gasteiger partial charge < -0.3 is 32.9 Å². The molecule has 0 fully saturated rings. The van der Waals surface area contributed by atoms with Gasteiger partial charge in [0.1, 0.15) is 23.1 Å². The van der Waals surface area contributed by atoms with Crippen molar-refractivity contribution in [2.45, 2.75) is 153 Å². The Morgan fingerprint density at radius 1 is 0.456 bits per heavy atom. The van der Waals surface area contributed by atoms with Gasteiger partial charge in [0, 0.05) is 78.5 Å². The third-order valence-corrected chi connectivity index (χ3v) is 17.2. The Bertz CT molecular complexity index is 4960. The molecule has 662 valence electrons. The molecule has 0 saturated heterocycles. The summed E-state index contributed by atoms with van der Waals surface area (Å²) in [5.41, 5.74) is 11.2. The first-order valence-electron chi connectivity index (χ1n) is 37.0. The van der Waals surface area contributed by atoms with Crippen molar-refractivity contribution in [3.8, 4) is 17.2 Å². The van der Waals surface area contributed by atoms with Crippen molar-refractivity contribution < 1.29 is 166 Å². The van der Waals surface area contributed by atoms with E-state index in [1.807, 2.05) is 112 Å². The van der Waals surface area contributed by atoms with E-state index in [0.29, 0.717) is 78.6 Å². The number of halogens is 2. The number of ketones is 3. The van der Waals surface area contributed by atoms with Crippen LogP contribution in [0.25, 0.3) is 0 Å². The predicted molar refractivity (Wildman–Crippen MR) is 448 cm³/mol. The monoisotopic (exact) mass is 2200 g/mol. The van der Waals surface area contributed by atoms with Gasteiger partial charge in [0.05, 0.1) is 55.1 Å². The minimum absolute atomic E-state index is 0. The molecule has 0 amide bonds. The molecule has 0 aliphatic carbocycles. The van der Waals surface area contributed by atoms with Crippen molar-refractivity contribution in [1.29, 1.82) is 0 Å². The number of fused-ring (bicyclic) bond motifs is 2. The van der Waals surface area contributed by atoms with Crippen molar-refractivity contribution in [3.63, 3.8) is 0 Å². The number of carbonyl (C=O) groups excluding carboxylic acids is 9. The van der Waals surface area contributed by atoms with E-state index >= 15 is 0 Å².